The Morgan fingerprint density at radius 3 is 1.03 bits per heavy atom. The van der Waals surface area contributed by atoms with Crippen LogP contribution in [0.25, 0.3) is 0 Å². The van der Waals surface area contributed by atoms with Gasteiger partial charge < -0.3 is 14.2 Å². The molecule has 0 fully saturated rings. The Hall–Kier alpha value is -3.41. The van der Waals surface area contributed by atoms with Crippen molar-refractivity contribution in [2.45, 2.75) is 258 Å². The van der Waals surface area contributed by atoms with Crippen molar-refractivity contribution in [2.24, 2.45) is 0 Å². The zero-order valence-electron chi connectivity index (χ0n) is 42.5. The Morgan fingerprint density at radius 1 is 0.323 bits per heavy atom. The molecule has 0 saturated carbocycles. The van der Waals surface area contributed by atoms with Crippen molar-refractivity contribution in [1.29, 1.82) is 0 Å². The molecule has 0 bridgehead atoms. The molecule has 0 radical (unpaired) electrons. The van der Waals surface area contributed by atoms with Gasteiger partial charge in [-0.2, -0.15) is 0 Å². The number of hydrogen-bond acceptors (Lipinski definition) is 6. The quantitative estimate of drug-likeness (QED) is 0.0262. The minimum Gasteiger partial charge on any atom is -0.462 e. The number of rotatable bonds is 48. The van der Waals surface area contributed by atoms with Crippen LogP contribution in [0.2, 0.25) is 0 Å². The van der Waals surface area contributed by atoms with E-state index >= 15 is 0 Å². The predicted octanol–water partition coefficient (Wildman–Crippen LogP) is 18.0. The van der Waals surface area contributed by atoms with Crippen LogP contribution in [0, 0.1) is 0 Å². The second kappa shape index (κ2) is 53.2. The molecule has 0 rings (SSSR count). The number of ether oxygens (including phenoxy) is 3. The van der Waals surface area contributed by atoms with Crippen LogP contribution in [0.4, 0.5) is 0 Å². The zero-order valence-corrected chi connectivity index (χ0v) is 42.5. The lowest BCUT2D eigenvalue weighted by atomic mass is 10.0. The van der Waals surface area contributed by atoms with Gasteiger partial charge in [0.1, 0.15) is 13.2 Å². The fourth-order valence-electron chi connectivity index (χ4n) is 7.33. The highest BCUT2D eigenvalue weighted by Gasteiger charge is 2.19. The maximum absolute atomic E-state index is 12.8. The van der Waals surface area contributed by atoms with Crippen LogP contribution in [0.15, 0.2) is 85.1 Å². The van der Waals surface area contributed by atoms with Gasteiger partial charge in [-0.25, -0.2) is 0 Å². The van der Waals surface area contributed by atoms with Crippen LogP contribution in [0.1, 0.15) is 252 Å². The molecule has 0 amide bonds. The minimum absolute atomic E-state index is 0.107. The number of carbonyl (C=O) groups is 3. The lowest BCUT2D eigenvalue weighted by Gasteiger charge is -2.18. The van der Waals surface area contributed by atoms with Gasteiger partial charge in [-0.3, -0.25) is 14.4 Å². The van der Waals surface area contributed by atoms with E-state index in [2.05, 4.69) is 106 Å². The molecule has 6 nitrogen and oxygen atoms in total. The second-order valence-corrected chi connectivity index (χ2v) is 17.8. The molecule has 0 spiro atoms. The third kappa shape index (κ3) is 51.4. The summed E-state index contributed by atoms with van der Waals surface area (Å²) in [6, 6.07) is 0. The normalized spacial score (nSPS) is 12.7. The van der Waals surface area contributed by atoms with E-state index in [1.165, 1.54) is 122 Å². The first-order valence-electron chi connectivity index (χ1n) is 27.1. The van der Waals surface area contributed by atoms with Crippen LogP contribution in [-0.4, -0.2) is 37.2 Å². The van der Waals surface area contributed by atoms with E-state index < -0.39 is 6.10 Å². The molecule has 0 aliphatic rings. The molecule has 0 aromatic rings. The molecule has 0 aliphatic carbocycles. The van der Waals surface area contributed by atoms with E-state index in [0.29, 0.717) is 19.3 Å². The third-order valence-corrected chi connectivity index (χ3v) is 11.4. The summed E-state index contributed by atoms with van der Waals surface area (Å²) in [5, 5.41) is 0. The zero-order chi connectivity index (χ0) is 47.2. The van der Waals surface area contributed by atoms with Crippen molar-refractivity contribution in [3.63, 3.8) is 0 Å². The highest BCUT2D eigenvalue weighted by molar-refractivity contribution is 5.71. The Kier molecular flexibility index (Phi) is 50.4. The topological polar surface area (TPSA) is 78.9 Å². The summed E-state index contributed by atoms with van der Waals surface area (Å²) >= 11 is 0. The summed E-state index contributed by atoms with van der Waals surface area (Å²) in [6.07, 6.45) is 68.6. The smallest absolute Gasteiger partial charge is 0.306 e. The average molecular weight is 905 g/mol. The first-order chi connectivity index (χ1) is 32.0. The number of allylic oxidation sites excluding steroid dienone is 14. The SMILES string of the molecule is CC/C=C\C/C=C\C/C=C\C/C=C\CCCCC(=O)O[C@H](COC(=O)CCC/C=C\C/C=C\C/C=C\CCCCCCCC)COC(=O)CCCCCCCCCCCCCCCCC. The van der Waals surface area contributed by atoms with Crippen molar-refractivity contribution in [1.82, 2.24) is 0 Å². The fraction of sp³-hybridized carbons (Fsp3) is 0.712. The van der Waals surface area contributed by atoms with Crippen LogP contribution in [0.3, 0.4) is 0 Å². The minimum atomic E-state index is -0.817. The van der Waals surface area contributed by atoms with Crippen molar-refractivity contribution in [3.8, 4) is 0 Å². The first-order valence-corrected chi connectivity index (χ1v) is 27.1. The van der Waals surface area contributed by atoms with Gasteiger partial charge in [-0.15, -0.1) is 0 Å². The van der Waals surface area contributed by atoms with Crippen molar-refractivity contribution in [3.05, 3.63) is 85.1 Å². The van der Waals surface area contributed by atoms with E-state index in [4.69, 9.17) is 14.2 Å². The monoisotopic (exact) mass is 905 g/mol. The molecule has 0 N–H and O–H groups in total. The van der Waals surface area contributed by atoms with Crippen LogP contribution in [0.5, 0.6) is 0 Å². The maximum atomic E-state index is 12.8. The van der Waals surface area contributed by atoms with Gasteiger partial charge in [0.05, 0.1) is 0 Å². The molecule has 65 heavy (non-hydrogen) atoms. The van der Waals surface area contributed by atoms with E-state index in [1.807, 2.05) is 0 Å². The second-order valence-electron chi connectivity index (χ2n) is 17.8. The van der Waals surface area contributed by atoms with Gasteiger partial charge >= 0.3 is 17.9 Å². The van der Waals surface area contributed by atoms with Crippen molar-refractivity contribution < 1.29 is 28.6 Å². The Balaban J connectivity index is 4.51. The van der Waals surface area contributed by atoms with Gasteiger partial charge in [0.25, 0.3) is 0 Å². The predicted molar refractivity (Wildman–Crippen MR) is 279 cm³/mol. The summed E-state index contributed by atoms with van der Waals surface area (Å²) < 4.78 is 16.7. The van der Waals surface area contributed by atoms with Crippen LogP contribution in [-0.2, 0) is 28.6 Å². The summed E-state index contributed by atoms with van der Waals surface area (Å²) in [5.74, 6) is -1.00. The molecule has 0 aliphatic heterocycles. The third-order valence-electron chi connectivity index (χ3n) is 11.4. The molecular formula is C59H100O6. The average Bonchev–Trinajstić information content (AvgIpc) is 3.30. The summed E-state index contributed by atoms with van der Waals surface area (Å²) in [4.78, 5) is 38.0. The summed E-state index contributed by atoms with van der Waals surface area (Å²) in [6.45, 7) is 6.45. The largest absolute Gasteiger partial charge is 0.462 e. The molecule has 0 unspecified atom stereocenters. The summed E-state index contributed by atoms with van der Waals surface area (Å²) in [7, 11) is 0. The number of hydrogen-bond donors (Lipinski definition) is 0. The van der Waals surface area contributed by atoms with E-state index in [-0.39, 0.29) is 44.0 Å². The standard InChI is InChI=1S/C59H100O6/c1-4-7-10-13-16-19-22-25-28-29-32-34-37-40-43-46-49-52-58(61)64-55-56(65-59(62)53-50-47-44-41-38-35-31-27-24-21-18-15-12-9-6-3)54-63-57(60)51-48-45-42-39-36-33-30-26-23-20-17-14-11-8-5-2/h9,12,18,21,25,27-28,31-32,34,38,40-41,43,56H,4-8,10-11,13-17,19-20,22-24,26,29-30,33,35-37,39,42,44-55H2,1-3H3/b12-9-,21-18-,28-25-,31-27-,34-32-,41-38-,43-40-/t56-/m0/s1. The molecule has 0 saturated heterocycles. The fourth-order valence-corrected chi connectivity index (χ4v) is 7.33. The molecule has 0 aromatic heterocycles. The van der Waals surface area contributed by atoms with Gasteiger partial charge in [0.15, 0.2) is 6.10 Å². The van der Waals surface area contributed by atoms with Gasteiger partial charge in [0.2, 0.25) is 0 Å². The molecule has 0 aromatic carbocycles. The Morgan fingerprint density at radius 2 is 0.615 bits per heavy atom. The maximum Gasteiger partial charge on any atom is 0.306 e. The molecule has 372 valence electrons. The van der Waals surface area contributed by atoms with Gasteiger partial charge in [-0.05, 0) is 89.9 Å². The van der Waals surface area contributed by atoms with Gasteiger partial charge in [0, 0.05) is 19.3 Å². The van der Waals surface area contributed by atoms with Gasteiger partial charge in [-0.1, -0.05) is 228 Å². The summed E-state index contributed by atoms with van der Waals surface area (Å²) in [5.41, 5.74) is 0. The lowest BCUT2D eigenvalue weighted by Crippen LogP contribution is -2.30. The van der Waals surface area contributed by atoms with E-state index in [0.717, 1.165) is 77.0 Å². The molecule has 6 heteroatoms. The first kappa shape index (κ1) is 61.6. The number of esters is 3. The van der Waals surface area contributed by atoms with Crippen molar-refractivity contribution >= 4 is 17.9 Å². The molecular weight excluding hydrogens is 805 g/mol. The number of unbranched alkanes of at least 4 members (excludes halogenated alkanes) is 23. The van der Waals surface area contributed by atoms with Crippen LogP contribution < -0.4 is 0 Å². The van der Waals surface area contributed by atoms with E-state index in [9.17, 15) is 14.4 Å². The Labute approximate surface area is 401 Å². The lowest BCUT2D eigenvalue weighted by molar-refractivity contribution is -0.167. The highest BCUT2D eigenvalue weighted by Crippen LogP contribution is 2.15. The van der Waals surface area contributed by atoms with Crippen LogP contribution >= 0.6 is 0 Å². The highest BCUT2D eigenvalue weighted by atomic mass is 16.6. The molecule has 1 atom stereocenters. The van der Waals surface area contributed by atoms with E-state index in [1.54, 1.807) is 0 Å². The van der Waals surface area contributed by atoms with Crippen molar-refractivity contribution in [2.75, 3.05) is 13.2 Å². The molecule has 0 heterocycles. The number of carbonyl (C=O) groups excluding carboxylic acids is 3. The Bertz CT molecular complexity index is 1270.